The number of anilines is 1. The highest BCUT2D eigenvalue weighted by Gasteiger charge is 2.17. The molecule has 0 unspecified atom stereocenters. The third-order valence-electron chi connectivity index (χ3n) is 4.59. The molecule has 0 aliphatic carbocycles. The highest BCUT2D eigenvalue weighted by Crippen LogP contribution is 2.29. The molecule has 8 heteroatoms. The Labute approximate surface area is 187 Å². The fourth-order valence-corrected chi connectivity index (χ4v) is 5.43. The van der Waals surface area contributed by atoms with Crippen LogP contribution >= 0.6 is 35.3 Å². The van der Waals surface area contributed by atoms with Gasteiger partial charge in [-0.05, 0) is 54.9 Å². The number of hydrogen-bond acceptors (Lipinski definition) is 5. The summed E-state index contributed by atoms with van der Waals surface area (Å²) >= 11 is 8.09. The first-order valence-electron chi connectivity index (χ1n) is 9.34. The van der Waals surface area contributed by atoms with Crippen LogP contribution in [-0.2, 0) is 4.79 Å². The van der Waals surface area contributed by atoms with E-state index in [4.69, 9.17) is 12.2 Å². The maximum Gasteiger partial charge on any atom is 0.237 e. The van der Waals surface area contributed by atoms with Crippen molar-refractivity contribution in [3.8, 4) is 5.69 Å². The SMILES string of the molecule is CCN(C(=O)CSc1nn(-c2ccc(F)cc2)c(=S)s1)c1cccc2ccccc12. The molecule has 0 spiro atoms. The molecule has 1 aromatic heterocycles. The number of thioether (sulfide) groups is 1. The topological polar surface area (TPSA) is 38.1 Å². The van der Waals surface area contributed by atoms with E-state index in [0.29, 0.717) is 20.5 Å². The molecular formula is C22H18FN3OS3. The van der Waals surface area contributed by atoms with Crippen molar-refractivity contribution in [3.05, 3.63) is 76.5 Å². The Morgan fingerprint density at radius 3 is 2.63 bits per heavy atom. The van der Waals surface area contributed by atoms with Crippen molar-refractivity contribution in [2.24, 2.45) is 0 Å². The molecule has 4 rings (SSSR count). The van der Waals surface area contributed by atoms with Crippen molar-refractivity contribution < 1.29 is 9.18 Å². The van der Waals surface area contributed by atoms with Gasteiger partial charge in [-0.15, -0.1) is 5.10 Å². The fraction of sp³-hybridized carbons (Fsp3) is 0.136. The smallest absolute Gasteiger partial charge is 0.237 e. The summed E-state index contributed by atoms with van der Waals surface area (Å²) in [5, 5.41) is 6.64. The minimum Gasteiger partial charge on any atom is -0.311 e. The second-order valence-electron chi connectivity index (χ2n) is 6.45. The summed E-state index contributed by atoms with van der Waals surface area (Å²) in [5.74, 6) is -0.0509. The molecular weight excluding hydrogens is 437 g/mol. The lowest BCUT2D eigenvalue weighted by molar-refractivity contribution is -0.116. The number of hydrogen-bond donors (Lipinski definition) is 0. The van der Waals surface area contributed by atoms with Gasteiger partial charge in [-0.25, -0.2) is 9.07 Å². The van der Waals surface area contributed by atoms with Crippen LogP contribution in [0.2, 0.25) is 0 Å². The average Bonchev–Trinajstić information content (AvgIpc) is 3.14. The van der Waals surface area contributed by atoms with Gasteiger partial charge in [0.25, 0.3) is 0 Å². The van der Waals surface area contributed by atoms with E-state index in [-0.39, 0.29) is 17.5 Å². The van der Waals surface area contributed by atoms with E-state index in [1.807, 2.05) is 49.4 Å². The number of fused-ring (bicyclic) bond motifs is 1. The van der Waals surface area contributed by atoms with Crippen LogP contribution in [0.3, 0.4) is 0 Å². The Hall–Kier alpha value is -2.55. The second-order valence-corrected chi connectivity index (χ2v) is 9.29. The van der Waals surface area contributed by atoms with Gasteiger partial charge in [-0.2, -0.15) is 0 Å². The Morgan fingerprint density at radius 2 is 1.87 bits per heavy atom. The van der Waals surface area contributed by atoms with E-state index >= 15 is 0 Å². The standard InChI is InChI=1S/C22H18FN3OS3/c1-2-25(19-9-5-7-15-6-3-4-8-18(15)19)20(27)14-29-21-24-26(22(28)30-21)17-12-10-16(23)11-13-17/h3-13H,2,14H2,1H3. The quantitative estimate of drug-likeness (QED) is 0.260. The Bertz CT molecular complexity index is 1250. The summed E-state index contributed by atoms with van der Waals surface area (Å²) in [6.07, 6.45) is 0. The largest absolute Gasteiger partial charge is 0.311 e. The summed E-state index contributed by atoms with van der Waals surface area (Å²) in [5.41, 5.74) is 1.60. The Morgan fingerprint density at radius 1 is 1.13 bits per heavy atom. The molecule has 0 fully saturated rings. The number of carbonyl (C=O) groups excluding carboxylic acids is 1. The van der Waals surface area contributed by atoms with E-state index in [1.165, 1.54) is 35.2 Å². The first kappa shape index (κ1) is 20.7. The van der Waals surface area contributed by atoms with Crippen molar-refractivity contribution in [1.29, 1.82) is 0 Å². The molecule has 1 heterocycles. The summed E-state index contributed by atoms with van der Waals surface area (Å²) in [7, 11) is 0. The van der Waals surface area contributed by atoms with Crippen LogP contribution in [0, 0.1) is 9.77 Å². The molecule has 0 aliphatic rings. The van der Waals surface area contributed by atoms with Crippen LogP contribution in [0.25, 0.3) is 16.5 Å². The molecule has 0 N–H and O–H groups in total. The molecule has 4 aromatic rings. The van der Waals surface area contributed by atoms with Crippen molar-refractivity contribution in [2.75, 3.05) is 17.2 Å². The van der Waals surface area contributed by atoms with Gasteiger partial charge >= 0.3 is 0 Å². The lowest BCUT2D eigenvalue weighted by Gasteiger charge is -2.22. The summed E-state index contributed by atoms with van der Waals surface area (Å²) < 4.78 is 16.0. The molecule has 0 aliphatic heterocycles. The summed E-state index contributed by atoms with van der Waals surface area (Å²) in [6.45, 7) is 2.55. The number of rotatable bonds is 6. The second kappa shape index (κ2) is 9.07. The van der Waals surface area contributed by atoms with Gasteiger partial charge < -0.3 is 4.90 Å². The number of nitrogens with zero attached hydrogens (tertiary/aromatic N) is 3. The molecule has 30 heavy (non-hydrogen) atoms. The number of aromatic nitrogens is 2. The first-order chi connectivity index (χ1) is 14.6. The number of amides is 1. The number of carbonyl (C=O) groups is 1. The minimum absolute atomic E-state index is 0.00769. The molecule has 0 atom stereocenters. The highest BCUT2D eigenvalue weighted by molar-refractivity contribution is 8.01. The molecule has 0 radical (unpaired) electrons. The predicted octanol–water partition coefficient (Wildman–Crippen LogP) is 6.10. The van der Waals surface area contributed by atoms with E-state index in [9.17, 15) is 9.18 Å². The van der Waals surface area contributed by atoms with E-state index in [0.717, 1.165) is 16.5 Å². The summed E-state index contributed by atoms with van der Waals surface area (Å²) in [6, 6.07) is 20.0. The Kier molecular flexibility index (Phi) is 6.26. The zero-order chi connectivity index (χ0) is 21.1. The third-order valence-corrected chi connectivity index (χ3v) is 6.94. The monoisotopic (exact) mass is 455 g/mol. The van der Waals surface area contributed by atoms with E-state index in [1.54, 1.807) is 21.7 Å². The molecule has 152 valence electrons. The number of halogens is 1. The predicted molar refractivity (Wildman–Crippen MR) is 125 cm³/mol. The molecule has 0 saturated heterocycles. The van der Waals surface area contributed by atoms with Gasteiger partial charge in [-0.3, -0.25) is 4.79 Å². The average molecular weight is 456 g/mol. The van der Waals surface area contributed by atoms with Crippen molar-refractivity contribution in [1.82, 2.24) is 9.78 Å². The molecule has 0 saturated carbocycles. The highest BCUT2D eigenvalue weighted by atomic mass is 32.2. The van der Waals surface area contributed by atoms with Crippen molar-refractivity contribution in [3.63, 3.8) is 0 Å². The van der Waals surface area contributed by atoms with Crippen LogP contribution < -0.4 is 4.90 Å². The van der Waals surface area contributed by atoms with Gasteiger partial charge in [-0.1, -0.05) is 59.5 Å². The van der Waals surface area contributed by atoms with E-state index < -0.39 is 0 Å². The van der Waals surface area contributed by atoms with Gasteiger partial charge in [0.1, 0.15) is 5.82 Å². The molecule has 3 aromatic carbocycles. The van der Waals surface area contributed by atoms with Crippen LogP contribution in [-0.4, -0.2) is 28.0 Å². The van der Waals surface area contributed by atoms with E-state index in [2.05, 4.69) is 5.10 Å². The van der Waals surface area contributed by atoms with Gasteiger partial charge in [0.2, 0.25) is 5.91 Å². The van der Waals surface area contributed by atoms with Crippen LogP contribution in [0.1, 0.15) is 6.92 Å². The van der Waals surface area contributed by atoms with Gasteiger partial charge in [0.05, 0.1) is 17.1 Å². The lowest BCUT2D eigenvalue weighted by atomic mass is 10.1. The maximum absolute atomic E-state index is 13.2. The zero-order valence-electron chi connectivity index (χ0n) is 16.1. The fourth-order valence-electron chi connectivity index (χ4n) is 3.19. The lowest BCUT2D eigenvalue weighted by Crippen LogP contribution is -2.32. The molecule has 4 nitrogen and oxygen atoms in total. The van der Waals surface area contributed by atoms with Crippen molar-refractivity contribution >= 4 is 57.7 Å². The third kappa shape index (κ3) is 4.30. The van der Waals surface area contributed by atoms with Gasteiger partial charge in [0.15, 0.2) is 8.29 Å². The van der Waals surface area contributed by atoms with Crippen LogP contribution in [0.5, 0.6) is 0 Å². The van der Waals surface area contributed by atoms with Crippen molar-refractivity contribution in [2.45, 2.75) is 11.3 Å². The van der Waals surface area contributed by atoms with Crippen LogP contribution in [0.15, 0.2) is 71.1 Å². The maximum atomic E-state index is 13.2. The number of benzene rings is 3. The first-order valence-corrected chi connectivity index (χ1v) is 11.5. The summed E-state index contributed by atoms with van der Waals surface area (Å²) in [4.78, 5) is 14.8. The van der Waals surface area contributed by atoms with Gasteiger partial charge in [0, 0.05) is 11.9 Å². The molecule has 0 bridgehead atoms. The minimum atomic E-state index is -0.311. The Balaban J connectivity index is 1.52. The van der Waals surface area contributed by atoms with Crippen LogP contribution in [0.4, 0.5) is 10.1 Å². The normalized spacial score (nSPS) is 11.0. The molecule has 1 amide bonds. The zero-order valence-corrected chi connectivity index (χ0v) is 18.6.